The molecule has 0 aliphatic carbocycles. The van der Waals surface area contributed by atoms with Gasteiger partial charge in [-0.2, -0.15) is 0 Å². The van der Waals surface area contributed by atoms with E-state index in [-0.39, 0.29) is 4.83 Å². The SMILES string of the molecule is CCc1ccc(C(Br)c2cc(Br)ccc2I)cc1CC. The van der Waals surface area contributed by atoms with Crippen molar-refractivity contribution in [2.24, 2.45) is 0 Å². The van der Waals surface area contributed by atoms with Crippen molar-refractivity contribution in [1.29, 1.82) is 0 Å². The van der Waals surface area contributed by atoms with E-state index in [0.29, 0.717) is 0 Å². The highest BCUT2D eigenvalue weighted by atomic mass is 127. The van der Waals surface area contributed by atoms with E-state index in [1.54, 1.807) is 0 Å². The lowest BCUT2D eigenvalue weighted by Gasteiger charge is -2.16. The molecule has 0 fully saturated rings. The molecule has 3 heteroatoms. The summed E-state index contributed by atoms with van der Waals surface area (Å²) in [5.41, 5.74) is 5.56. The second-order valence-electron chi connectivity index (χ2n) is 4.76. The van der Waals surface area contributed by atoms with Crippen LogP contribution in [0.15, 0.2) is 40.9 Å². The second-order valence-corrected chi connectivity index (χ2v) is 7.76. The van der Waals surface area contributed by atoms with Crippen molar-refractivity contribution >= 4 is 54.5 Å². The van der Waals surface area contributed by atoms with Crippen molar-refractivity contribution in [1.82, 2.24) is 0 Å². The monoisotopic (exact) mass is 506 g/mol. The molecule has 0 heterocycles. The van der Waals surface area contributed by atoms with Crippen LogP contribution in [0.3, 0.4) is 0 Å². The first-order chi connectivity index (χ1) is 9.56. The van der Waals surface area contributed by atoms with Gasteiger partial charge < -0.3 is 0 Å². The molecule has 0 bridgehead atoms. The zero-order valence-electron chi connectivity index (χ0n) is 11.6. The number of rotatable bonds is 4. The maximum atomic E-state index is 3.86. The minimum Gasteiger partial charge on any atom is -0.0786 e. The van der Waals surface area contributed by atoms with Gasteiger partial charge >= 0.3 is 0 Å². The fraction of sp³-hybridized carbons (Fsp3) is 0.294. The van der Waals surface area contributed by atoms with Gasteiger partial charge in [-0.25, -0.2) is 0 Å². The number of hydrogen-bond acceptors (Lipinski definition) is 0. The molecule has 2 aromatic carbocycles. The lowest BCUT2D eigenvalue weighted by Crippen LogP contribution is -1.99. The van der Waals surface area contributed by atoms with Crippen molar-refractivity contribution in [3.63, 3.8) is 0 Å². The average molecular weight is 508 g/mol. The minimum absolute atomic E-state index is 0.239. The summed E-state index contributed by atoms with van der Waals surface area (Å²) in [6, 6.07) is 13.3. The molecule has 0 radical (unpaired) electrons. The molecule has 1 unspecified atom stereocenters. The molecule has 0 nitrogen and oxygen atoms in total. The molecular formula is C17H17Br2I. The van der Waals surface area contributed by atoms with Crippen molar-refractivity contribution in [2.45, 2.75) is 31.5 Å². The summed E-state index contributed by atoms with van der Waals surface area (Å²) < 4.78 is 2.41. The quantitative estimate of drug-likeness (QED) is 0.320. The normalized spacial score (nSPS) is 12.4. The van der Waals surface area contributed by atoms with Gasteiger partial charge in [-0.15, -0.1) is 0 Å². The third kappa shape index (κ3) is 3.66. The Hall–Kier alpha value is 0.130. The highest BCUT2D eigenvalue weighted by Gasteiger charge is 2.15. The van der Waals surface area contributed by atoms with Crippen LogP contribution in [0.2, 0.25) is 0 Å². The summed E-state index contributed by atoms with van der Waals surface area (Å²) in [7, 11) is 0. The van der Waals surface area contributed by atoms with Crippen LogP contribution in [0.1, 0.15) is 40.9 Å². The molecule has 2 aromatic rings. The Balaban J connectivity index is 2.42. The van der Waals surface area contributed by atoms with Gasteiger partial charge in [-0.3, -0.25) is 0 Å². The van der Waals surface area contributed by atoms with E-state index < -0.39 is 0 Å². The van der Waals surface area contributed by atoms with Crippen LogP contribution < -0.4 is 0 Å². The van der Waals surface area contributed by atoms with Gasteiger partial charge in [-0.05, 0) is 75.9 Å². The number of halogens is 3. The smallest absolute Gasteiger partial charge is 0.0655 e. The third-order valence-electron chi connectivity index (χ3n) is 3.52. The first-order valence-corrected chi connectivity index (χ1v) is 9.56. The van der Waals surface area contributed by atoms with Gasteiger partial charge in [0.15, 0.2) is 0 Å². The minimum atomic E-state index is 0.239. The van der Waals surface area contributed by atoms with Crippen LogP contribution in [-0.2, 0) is 12.8 Å². The fourth-order valence-corrected chi connectivity index (χ4v) is 4.48. The molecule has 0 saturated carbocycles. The van der Waals surface area contributed by atoms with Crippen LogP contribution in [-0.4, -0.2) is 0 Å². The van der Waals surface area contributed by atoms with Crippen LogP contribution >= 0.6 is 54.5 Å². The summed E-state index contributed by atoms with van der Waals surface area (Å²) in [5, 5.41) is 0. The third-order valence-corrected chi connectivity index (χ3v) is 6.01. The van der Waals surface area contributed by atoms with E-state index >= 15 is 0 Å². The zero-order chi connectivity index (χ0) is 14.7. The van der Waals surface area contributed by atoms with Crippen molar-refractivity contribution in [2.75, 3.05) is 0 Å². The Bertz CT molecular complexity index is 608. The van der Waals surface area contributed by atoms with Gasteiger partial charge in [0.25, 0.3) is 0 Å². The molecular weight excluding hydrogens is 491 g/mol. The summed E-state index contributed by atoms with van der Waals surface area (Å²) in [6.45, 7) is 4.45. The Morgan fingerprint density at radius 2 is 1.70 bits per heavy atom. The summed E-state index contributed by atoms with van der Waals surface area (Å²) in [5.74, 6) is 0. The van der Waals surface area contributed by atoms with Gasteiger partial charge in [0.2, 0.25) is 0 Å². The van der Waals surface area contributed by atoms with Gasteiger partial charge in [0.1, 0.15) is 0 Å². The Labute approximate surface area is 151 Å². The molecule has 0 aliphatic rings. The van der Waals surface area contributed by atoms with Gasteiger partial charge in [-0.1, -0.05) is 63.9 Å². The predicted octanol–water partition coefficient (Wildman–Crippen LogP) is 6.66. The molecule has 0 amide bonds. The molecule has 0 N–H and O–H groups in total. The van der Waals surface area contributed by atoms with Crippen LogP contribution in [0, 0.1) is 3.57 Å². The fourth-order valence-electron chi connectivity index (χ4n) is 2.37. The van der Waals surface area contributed by atoms with Crippen molar-refractivity contribution < 1.29 is 0 Å². The standard InChI is InChI=1S/C17H17Br2I/c1-3-11-5-6-13(9-12(11)4-2)17(19)15-10-14(18)7-8-16(15)20/h5-10,17H,3-4H2,1-2H3. The van der Waals surface area contributed by atoms with Gasteiger partial charge in [0, 0.05) is 8.04 Å². The summed E-state index contributed by atoms with van der Waals surface area (Å²) in [6.07, 6.45) is 2.19. The molecule has 20 heavy (non-hydrogen) atoms. The zero-order valence-corrected chi connectivity index (χ0v) is 16.9. The summed E-state index contributed by atoms with van der Waals surface area (Å²) >= 11 is 9.83. The number of benzene rings is 2. The van der Waals surface area contributed by atoms with E-state index in [2.05, 4.69) is 105 Å². The maximum Gasteiger partial charge on any atom is 0.0655 e. The molecule has 0 spiro atoms. The van der Waals surface area contributed by atoms with Gasteiger partial charge in [0.05, 0.1) is 4.83 Å². The predicted molar refractivity (Wildman–Crippen MR) is 103 cm³/mol. The van der Waals surface area contributed by atoms with E-state index in [4.69, 9.17) is 0 Å². The highest BCUT2D eigenvalue weighted by Crippen LogP contribution is 2.36. The molecule has 0 saturated heterocycles. The molecule has 0 aliphatic heterocycles. The average Bonchev–Trinajstić information content (AvgIpc) is 2.48. The van der Waals surface area contributed by atoms with E-state index in [0.717, 1.165) is 17.3 Å². The number of hydrogen-bond donors (Lipinski definition) is 0. The first kappa shape index (κ1) is 16.5. The van der Waals surface area contributed by atoms with Crippen LogP contribution in [0.25, 0.3) is 0 Å². The van der Waals surface area contributed by atoms with Crippen LogP contribution in [0.4, 0.5) is 0 Å². The van der Waals surface area contributed by atoms with Crippen LogP contribution in [0.5, 0.6) is 0 Å². The lowest BCUT2D eigenvalue weighted by atomic mass is 9.97. The van der Waals surface area contributed by atoms with Crippen molar-refractivity contribution in [3.05, 3.63) is 66.7 Å². The molecule has 0 aromatic heterocycles. The first-order valence-electron chi connectivity index (χ1n) is 6.77. The lowest BCUT2D eigenvalue weighted by molar-refractivity contribution is 1.02. The van der Waals surface area contributed by atoms with E-state index in [1.165, 1.54) is 25.8 Å². The highest BCUT2D eigenvalue weighted by molar-refractivity contribution is 14.1. The Morgan fingerprint density at radius 3 is 2.35 bits per heavy atom. The van der Waals surface area contributed by atoms with E-state index in [9.17, 15) is 0 Å². The summed E-state index contributed by atoms with van der Waals surface area (Å²) in [4.78, 5) is 0.239. The second kappa shape index (κ2) is 7.41. The Morgan fingerprint density at radius 1 is 1.00 bits per heavy atom. The van der Waals surface area contributed by atoms with E-state index in [1.807, 2.05) is 0 Å². The maximum absolute atomic E-state index is 3.86. The largest absolute Gasteiger partial charge is 0.0786 e. The molecule has 1 atom stereocenters. The number of aryl methyl sites for hydroxylation is 2. The van der Waals surface area contributed by atoms with Crippen molar-refractivity contribution in [3.8, 4) is 0 Å². The molecule has 106 valence electrons. The Kier molecular flexibility index (Phi) is 6.11. The molecule has 2 rings (SSSR count). The number of alkyl halides is 1. The topological polar surface area (TPSA) is 0 Å².